The van der Waals surface area contributed by atoms with Crippen molar-refractivity contribution in [3.8, 4) is 0 Å². The number of hydrogen-bond acceptors (Lipinski definition) is 1. The van der Waals surface area contributed by atoms with Crippen LogP contribution in [0.3, 0.4) is 0 Å². The Bertz CT molecular complexity index is 978. The van der Waals surface area contributed by atoms with E-state index in [4.69, 9.17) is 4.74 Å². The molecule has 4 rings (SSSR count). The van der Waals surface area contributed by atoms with Crippen LogP contribution in [0.5, 0.6) is 0 Å². The van der Waals surface area contributed by atoms with Gasteiger partial charge in [-0.1, -0.05) is 84.9 Å². The Morgan fingerprint density at radius 2 is 0.967 bits per heavy atom. The first kappa shape index (κ1) is 20.1. The molecule has 0 radical (unpaired) electrons. The van der Waals surface area contributed by atoms with Gasteiger partial charge in [0.15, 0.2) is 5.76 Å². The molecule has 4 aromatic carbocycles. The number of ether oxygens (including phenoxy) is 1. The zero-order valence-corrected chi connectivity index (χ0v) is 18.1. The van der Waals surface area contributed by atoms with Gasteiger partial charge in [0.2, 0.25) is 0 Å². The molecule has 0 N–H and O–H groups in total. The van der Waals surface area contributed by atoms with Crippen molar-refractivity contribution in [1.82, 2.24) is 0 Å². The fourth-order valence-electron chi connectivity index (χ4n) is 3.79. The van der Waals surface area contributed by atoms with E-state index in [0.29, 0.717) is 6.61 Å². The van der Waals surface area contributed by atoms with Crippen LogP contribution in [0.1, 0.15) is 12.5 Å². The monoisotopic (exact) mass is 409 g/mol. The minimum Gasteiger partial charge on any atom is -0.490 e. The summed E-state index contributed by atoms with van der Waals surface area (Å²) in [6, 6.07) is 42.9. The molecule has 2 heteroatoms. The van der Waals surface area contributed by atoms with Gasteiger partial charge in [0, 0.05) is 5.56 Å². The maximum Gasteiger partial charge on any atom is 0.162 e. The summed E-state index contributed by atoms with van der Waals surface area (Å²) in [6.07, 6.45) is 0. The summed E-state index contributed by atoms with van der Waals surface area (Å²) < 4.78 is 6.24. The van der Waals surface area contributed by atoms with Gasteiger partial charge >= 0.3 is 0 Å². The highest BCUT2D eigenvalue weighted by Crippen LogP contribution is 2.58. The lowest BCUT2D eigenvalue weighted by Gasteiger charge is -2.25. The summed E-state index contributed by atoms with van der Waals surface area (Å²) in [5.74, 6) is 3.33. The van der Waals surface area contributed by atoms with Crippen molar-refractivity contribution < 1.29 is 4.74 Å². The van der Waals surface area contributed by atoms with Crippen molar-refractivity contribution in [2.24, 2.45) is 0 Å². The van der Waals surface area contributed by atoms with Crippen molar-refractivity contribution in [1.29, 1.82) is 0 Å². The number of rotatable bonds is 7. The van der Waals surface area contributed by atoms with Crippen molar-refractivity contribution in [2.45, 2.75) is 6.92 Å². The van der Waals surface area contributed by atoms with Gasteiger partial charge in [-0.3, -0.25) is 0 Å². The Hall–Kier alpha value is -3.15. The van der Waals surface area contributed by atoms with E-state index in [0.717, 1.165) is 11.3 Å². The van der Waals surface area contributed by atoms with E-state index in [9.17, 15) is 0 Å². The van der Waals surface area contributed by atoms with Gasteiger partial charge in [-0.05, 0) is 43.3 Å². The van der Waals surface area contributed by atoms with Gasteiger partial charge in [0.25, 0.3) is 0 Å². The highest BCUT2D eigenvalue weighted by atomic mass is 31.2. The summed E-state index contributed by atoms with van der Waals surface area (Å²) in [5.41, 5.74) is 1.10. The van der Waals surface area contributed by atoms with Crippen LogP contribution in [0.2, 0.25) is 0 Å². The standard InChI is InChI=1S/C28H26OP/c1-2-29-28(24-15-7-3-8-16-24)23-30(25-17-9-4-10-18-25,26-19-11-5-12-20-26)27-21-13-6-14-22-27/h3-23H,2H2,1H3/q+1/b28-23-. The third-order valence-corrected chi connectivity index (χ3v) is 9.12. The van der Waals surface area contributed by atoms with E-state index in [2.05, 4.69) is 121 Å². The molecule has 0 aliphatic rings. The van der Waals surface area contributed by atoms with Crippen LogP contribution in [0.25, 0.3) is 5.76 Å². The third-order valence-electron chi connectivity index (χ3n) is 5.16. The molecule has 148 valence electrons. The molecule has 0 atom stereocenters. The van der Waals surface area contributed by atoms with Crippen LogP contribution in [-0.2, 0) is 4.74 Å². The van der Waals surface area contributed by atoms with Crippen molar-refractivity contribution in [3.05, 3.63) is 133 Å². The van der Waals surface area contributed by atoms with Gasteiger partial charge in [-0.15, -0.1) is 0 Å². The Morgan fingerprint density at radius 3 is 1.33 bits per heavy atom. The van der Waals surface area contributed by atoms with Crippen LogP contribution in [0.4, 0.5) is 0 Å². The first-order valence-corrected chi connectivity index (χ1v) is 12.2. The van der Waals surface area contributed by atoms with Crippen LogP contribution >= 0.6 is 7.26 Å². The van der Waals surface area contributed by atoms with Gasteiger partial charge in [0.1, 0.15) is 29.0 Å². The van der Waals surface area contributed by atoms with E-state index in [1.165, 1.54) is 15.9 Å². The van der Waals surface area contributed by atoms with E-state index in [1.807, 2.05) is 13.0 Å². The van der Waals surface area contributed by atoms with Crippen LogP contribution in [-0.4, -0.2) is 6.61 Å². The van der Waals surface area contributed by atoms with E-state index >= 15 is 0 Å². The van der Waals surface area contributed by atoms with Crippen LogP contribution < -0.4 is 15.9 Å². The third kappa shape index (κ3) is 4.08. The lowest BCUT2D eigenvalue weighted by molar-refractivity contribution is 0.298. The van der Waals surface area contributed by atoms with Crippen molar-refractivity contribution >= 4 is 28.9 Å². The lowest BCUT2D eigenvalue weighted by atomic mass is 10.2. The largest absolute Gasteiger partial charge is 0.490 e. The predicted octanol–water partition coefficient (Wildman–Crippen LogP) is 6.02. The average molecular weight is 409 g/mol. The Balaban J connectivity index is 2.07. The molecule has 0 spiro atoms. The van der Waals surface area contributed by atoms with Crippen LogP contribution in [0, 0.1) is 0 Å². The van der Waals surface area contributed by atoms with Gasteiger partial charge in [-0.2, -0.15) is 0 Å². The molecule has 0 aromatic heterocycles. The second-order valence-electron chi connectivity index (χ2n) is 7.02. The Morgan fingerprint density at radius 1 is 0.600 bits per heavy atom. The molecule has 0 aliphatic carbocycles. The SMILES string of the molecule is CCO/C(=C\[P+](c1ccccc1)(c1ccccc1)c1ccccc1)c1ccccc1. The molecule has 0 aliphatic heterocycles. The fourth-order valence-corrected chi connectivity index (χ4v) is 7.63. The maximum atomic E-state index is 6.24. The maximum absolute atomic E-state index is 6.24. The van der Waals surface area contributed by atoms with Gasteiger partial charge < -0.3 is 4.74 Å². The minimum atomic E-state index is -2.09. The molecule has 4 aromatic rings. The smallest absolute Gasteiger partial charge is 0.162 e. The van der Waals surface area contributed by atoms with Crippen molar-refractivity contribution in [2.75, 3.05) is 6.61 Å². The summed E-state index contributed by atoms with van der Waals surface area (Å²) in [4.78, 5) is 0. The first-order chi connectivity index (χ1) is 14.8. The zero-order chi connectivity index (χ0) is 20.7. The summed E-state index contributed by atoms with van der Waals surface area (Å²) in [6.45, 7) is 2.67. The predicted molar refractivity (Wildman–Crippen MR) is 131 cm³/mol. The molecule has 0 unspecified atom stereocenters. The second kappa shape index (κ2) is 9.57. The summed E-state index contributed by atoms with van der Waals surface area (Å²) in [5, 5.41) is 3.95. The zero-order valence-electron chi connectivity index (χ0n) is 17.2. The molecule has 0 fully saturated rings. The molecular formula is C28H26OP+. The fraction of sp³-hybridized carbons (Fsp3) is 0.0714. The Kier molecular flexibility index (Phi) is 6.42. The summed E-state index contributed by atoms with van der Waals surface area (Å²) >= 11 is 0. The quantitative estimate of drug-likeness (QED) is 0.268. The molecule has 0 heterocycles. The number of benzene rings is 4. The minimum absolute atomic E-state index is 0.624. The van der Waals surface area contributed by atoms with Crippen LogP contribution in [0.15, 0.2) is 127 Å². The van der Waals surface area contributed by atoms with E-state index < -0.39 is 7.26 Å². The van der Waals surface area contributed by atoms with E-state index in [1.54, 1.807) is 0 Å². The molecule has 0 bridgehead atoms. The Labute approximate surface area is 180 Å². The van der Waals surface area contributed by atoms with Crippen molar-refractivity contribution in [3.63, 3.8) is 0 Å². The molecule has 1 nitrogen and oxygen atoms in total. The topological polar surface area (TPSA) is 9.23 Å². The lowest BCUT2D eigenvalue weighted by Crippen LogP contribution is -2.30. The van der Waals surface area contributed by atoms with Gasteiger partial charge in [0.05, 0.1) is 6.61 Å². The molecule has 0 saturated carbocycles. The number of hydrogen-bond donors (Lipinski definition) is 0. The normalized spacial score (nSPS) is 11.8. The summed E-state index contributed by atoms with van der Waals surface area (Å²) in [7, 11) is -2.09. The van der Waals surface area contributed by atoms with Gasteiger partial charge in [-0.25, -0.2) is 0 Å². The molecule has 0 amide bonds. The average Bonchev–Trinajstić information content (AvgIpc) is 2.84. The molecule has 0 saturated heterocycles. The molecule has 30 heavy (non-hydrogen) atoms. The second-order valence-corrected chi connectivity index (χ2v) is 10.3. The molecular weight excluding hydrogens is 383 g/mol. The first-order valence-electron chi connectivity index (χ1n) is 10.3. The highest BCUT2D eigenvalue weighted by Gasteiger charge is 2.44. The highest BCUT2D eigenvalue weighted by molar-refractivity contribution is 7.98. The van der Waals surface area contributed by atoms with E-state index in [-0.39, 0.29) is 0 Å².